The number of benzene rings is 3. The van der Waals surface area contributed by atoms with Crippen LogP contribution in [0.2, 0.25) is 0 Å². The summed E-state index contributed by atoms with van der Waals surface area (Å²) in [5.41, 5.74) is 3.91. The Morgan fingerprint density at radius 1 is 1.15 bits per heavy atom. The molecule has 1 aliphatic carbocycles. The van der Waals surface area contributed by atoms with Crippen LogP contribution in [0.4, 0.5) is 4.39 Å². The van der Waals surface area contributed by atoms with E-state index in [0.717, 1.165) is 24.0 Å². The van der Waals surface area contributed by atoms with E-state index in [1.54, 1.807) is 30.3 Å². The number of carbonyl (C=O) groups is 1. The first-order valence-electron chi connectivity index (χ1n) is 12.7. The van der Waals surface area contributed by atoms with Crippen LogP contribution >= 0.6 is 0 Å². The van der Waals surface area contributed by atoms with Gasteiger partial charge in [0.15, 0.2) is 0 Å². The Balaban J connectivity index is 1.55. The second-order valence-corrected chi connectivity index (χ2v) is 10.7. The quantitative estimate of drug-likeness (QED) is 0.171. The zero-order valence-electron chi connectivity index (χ0n) is 21.9. The van der Waals surface area contributed by atoms with Crippen molar-refractivity contribution in [1.29, 1.82) is 0 Å². The Labute approximate surface area is 233 Å². The second-order valence-electron chi connectivity index (χ2n) is 9.69. The number of rotatable bonds is 10. The lowest BCUT2D eigenvalue weighted by molar-refractivity contribution is 0.0964. The van der Waals surface area contributed by atoms with Crippen molar-refractivity contribution >= 4 is 40.7 Å². The Bertz CT molecular complexity index is 1590. The Morgan fingerprint density at radius 3 is 2.48 bits per heavy atom. The number of methoxy groups -OCH3 is 1. The molecule has 1 unspecified atom stereocenters. The molecule has 1 amide bonds. The van der Waals surface area contributed by atoms with Crippen LogP contribution in [0.15, 0.2) is 59.0 Å². The number of hydrogen-bond acceptors (Lipinski definition) is 6. The number of hydrogen-bond donors (Lipinski definition) is 4. The normalized spacial score (nSPS) is 14.0. The van der Waals surface area contributed by atoms with Gasteiger partial charge in [-0.05, 0) is 77.9 Å². The standard InChI is InChI=1S/C28H28BFN2O7S/c1-31-28(33)26-22-13-21(17-4-5-17)19(12-24(22)39-27(26)18-6-8-20(30)9-7-18)15-32(40(36)37)14-16-3-10-23(29(34)35)25(11-16)38-2/h3,6-13,17,34-35H,4-5,14-15H2,1-2H3,(H,31,33)(H,36,37). The number of carbonyl (C=O) groups excluding carboxylic acids is 1. The monoisotopic (exact) mass is 566 g/mol. The predicted octanol–water partition coefficient (Wildman–Crippen LogP) is 3.30. The minimum absolute atomic E-state index is 0.0753. The van der Waals surface area contributed by atoms with Gasteiger partial charge in [-0.25, -0.2) is 8.60 Å². The third-order valence-corrected chi connectivity index (χ3v) is 7.73. The molecule has 1 atom stereocenters. The Kier molecular flexibility index (Phi) is 8.06. The van der Waals surface area contributed by atoms with E-state index in [4.69, 9.17) is 9.15 Å². The van der Waals surface area contributed by atoms with E-state index in [1.165, 1.54) is 36.7 Å². The number of nitrogens with one attached hydrogen (secondary N) is 1. The maximum atomic E-state index is 13.6. The number of ether oxygens (including phenoxy) is 1. The van der Waals surface area contributed by atoms with Gasteiger partial charge in [0.25, 0.3) is 5.91 Å². The zero-order valence-corrected chi connectivity index (χ0v) is 22.7. The summed E-state index contributed by atoms with van der Waals surface area (Å²) in [6.07, 6.45) is 1.92. The van der Waals surface area contributed by atoms with Crippen molar-refractivity contribution in [1.82, 2.24) is 9.62 Å². The SMILES string of the molecule is CNC(=O)c1c(-c2ccc(F)cc2)oc2cc(CN(Cc3ccc(B(O)O)c(OC)c3)S(=O)O)c(C3CC3)cc12. The van der Waals surface area contributed by atoms with Crippen LogP contribution in [-0.2, 0) is 24.4 Å². The maximum absolute atomic E-state index is 13.6. The molecule has 9 nitrogen and oxygen atoms in total. The molecule has 4 N–H and O–H groups in total. The zero-order chi connectivity index (χ0) is 28.6. The summed E-state index contributed by atoms with van der Waals surface area (Å²) in [5, 5.41) is 22.4. The van der Waals surface area contributed by atoms with Crippen LogP contribution in [0.1, 0.15) is 45.8 Å². The van der Waals surface area contributed by atoms with Crippen molar-refractivity contribution in [3.8, 4) is 17.1 Å². The summed E-state index contributed by atoms with van der Waals surface area (Å²) in [7, 11) is 1.22. The number of amides is 1. The third-order valence-electron chi connectivity index (χ3n) is 7.03. The topological polar surface area (TPSA) is 132 Å². The van der Waals surface area contributed by atoms with Crippen LogP contribution in [0.3, 0.4) is 0 Å². The van der Waals surface area contributed by atoms with Gasteiger partial charge >= 0.3 is 7.12 Å². The van der Waals surface area contributed by atoms with Crippen LogP contribution < -0.4 is 15.5 Å². The molecule has 1 aliphatic rings. The highest BCUT2D eigenvalue weighted by Gasteiger charge is 2.30. The Hall–Kier alpha value is -3.55. The van der Waals surface area contributed by atoms with E-state index in [9.17, 15) is 28.0 Å². The van der Waals surface area contributed by atoms with Crippen molar-refractivity contribution in [3.63, 3.8) is 0 Å². The molecule has 1 heterocycles. The van der Waals surface area contributed by atoms with Crippen LogP contribution in [0, 0.1) is 5.82 Å². The highest BCUT2D eigenvalue weighted by atomic mass is 32.2. The molecule has 1 aromatic heterocycles. The van der Waals surface area contributed by atoms with E-state index in [0.29, 0.717) is 33.4 Å². The van der Waals surface area contributed by atoms with Crippen LogP contribution in [0.5, 0.6) is 5.75 Å². The molecule has 1 saturated carbocycles. The first-order chi connectivity index (χ1) is 19.2. The van der Waals surface area contributed by atoms with Gasteiger partial charge in [0.1, 0.15) is 22.9 Å². The summed E-state index contributed by atoms with van der Waals surface area (Å²) in [5.74, 6) is 0.0732. The molecule has 0 bridgehead atoms. The summed E-state index contributed by atoms with van der Waals surface area (Å²) in [4.78, 5) is 13.0. The molecule has 0 saturated heterocycles. The van der Waals surface area contributed by atoms with E-state index in [2.05, 4.69) is 5.32 Å². The molecule has 0 spiro atoms. The van der Waals surface area contributed by atoms with Crippen molar-refractivity contribution in [2.75, 3.05) is 14.2 Å². The molecular weight excluding hydrogens is 538 g/mol. The fourth-order valence-electron chi connectivity index (χ4n) is 4.90. The fraction of sp³-hybridized carbons (Fsp3) is 0.250. The number of fused-ring (bicyclic) bond motifs is 1. The molecule has 4 aromatic rings. The van der Waals surface area contributed by atoms with E-state index < -0.39 is 24.2 Å². The molecule has 0 aliphatic heterocycles. The van der Waals surface area contributed by atoms with Crippen molar-refractivity contribution in [2.45, 2.75) is 31.8 Å². The van der Waals surface area contributed by atoms with Crippen LogP contribution in [-0.4, -0.2) is 50.3 Å². The summed E-state index contributed by atoms with van der Waals surface area (Å²) < 4.78 is 49.0. The molecule has 1 fully saturated rings. The van der Waals surface area contributed by atoms with Gasteiger partial charge in [0.05, 0.1) is 12.7 Å². The van der Waals surface area contributed by atoms with E-state index in [-0.39, 0.29) is 36.1 Å². The summed E-state index contributed by atoms with van der Waals surface area (Å²) in [6, 6.07) is 14.1. The lowest BCUT2D eigenvalue weighted by Gasteiger charge is -2.20. The first kappa shape index (κ1) is 28.0. The van der Waals surface area contributed by atoms with Gasteiger partial charge in [-0.3, -0.25) is 9.35 Å². The number of furan rings is 1. The van der Waals surface area contributed by atoms with Gasteiger partial charge in [-0.15, -0.1) is 0 Å². The smallest absolute Gasteiger partial charge is 0.492 e. The molecule has 208 valence electrons. The van der Waals surface area contributed by atoms with Crippen LogP contribution in [0.25, 0.3) is 22.3 Å². The maximum Gasteiger partial charge on any atom is 0.492 e. The summed E-state index contributed by atoms with van der Waals surface area (Å²) in [6.45, 7) is 0.186. The van der Waals surface area contributed by atoms with E-state index in [1.807, 2.05) is 6.07 Å². The molecule has 40 heavy (non-hydrogen) atoms. The van der Waals surface area contributed by atoms with Gasteiger partial charge in [0.2, 0.25) is 11.3 Å². The minimum atomic E-state index is -2.34. The highest BCUT2D eigenvalue weighted by Crippen LogP contribution is 2.45. The molecule has 3 aromatic carbocycles. The summed E-state index contributed by atoms with van der Waals surface area (Å²) >= 11 is -2.34. The molecule has 12 heteroatoms. The fourth-order valence-corrected chi connectivity index (χ4v) is 5.40. The highest BCUT2D eigenvalue weighted by molar-refractivity contribution is 7.76. The predicted molar refractivity (Wildman–Crippen MR) is 150 cm³/mol. The Morgan fingerprint density at radius 2 is 1.88 bits per heavy atom. The molecular formula is C28H28BFN2O7S. The molecule has 0 radical (unpaired) electrons. The average Bonchev–Trinajstić information content (AvgIpc) is 3.72. The van der Waals surface area contributed by atoms with Gasteiger partial charge in [0, 0.05) is 36.5 Å². The largest absolute Gasteiger partial charge is 0.497 e. The van der Waals surface area contributed by atoms with E-state index >= 15 is 0 Å². The van der Waals surface area contributed by atoms with Crippen molar-refractivity contribution in [3.05, 3.63) is 82.7 Å². The van der Waals surface area contributed by atoms with Gasteiger partial charge in [-0.1, -0.05) is 12.1 Å². The lowest BCUT2D eigenvalue weighted by atomic mass is 9.79. The second kappa shape index (κ2) is 11.5. The molecule has 5 rings (SSSR count). The van der Waals surface area contributed by atoms with Crippen molar-refractivity contribution in [2.24, 2.45) is 0 Å². The number of nitrogens with zero attached hydrogens (tertiary/aromatic N) is 1. The number of halogens is 1. The average molecular weight is 566 g/mol. The first-order valence-corrected chi connectivity index (χ1v) is 13.7. The van der Waals surface area contributed by atoms with Gasteiger partial charge < -0.3 is 24.5 Å². The third kappa shape index (κ3) is 5.67. The lowest BCUT2D eigenvalue weighted by Crippen LogP contribution is -2.31. The minimum Gasteiger partial charge on any atom is -0.497 e. The van der Waals surface area contributed by atoms with Gasteiger partial charge in [-0.2, -0.15) is 4.31 Å². The van der Waals surface area contributed by atoms with Crippen molar-refractivity contribution < 1.29 is 37.1 Å².